The maximum Gasteiger partial charge on any atom is 0.417 e. The van der Waals surface area contributed by atoms with Crippen LogP contribution in [-0.4, -0.2) is 26.2 Å². The number of rotatable bonds is 6. The first kappa shape index (κ1) is 19.9. The molecule has 0 aliphatic carbocycles. The minimum absolute atomic E-state index is 0.0549. The zero-order chi connectivity index (χ0) is 22.9. The van der Waals surface area contributed by atoms with Gasteiger partial charge in [0, 0.05) is 11.3 Å². The van der Waals surface area contributed by atoms with Gasteiger partial charge in [-0.15, -0.1) is 0 Å². The molecule has 2 heterocycles. The average Bonchev–Trinajstić information content (AvgIpc) is 3.18. The zero-order valence-corrected chi connectivity index (χ0v) is 16.7. The van der Waals surface area contributed by atoms with E-state index < -0.39 is 10.7 Å². The lowest BCUT2D eigenvalue weighted by Crippen LogP contribution is -2.05. The summed E-state index contributed by atoms with van der Waals surface area (Å²) in [5.74, 6) is -0.626. The van der Waals surface area contributed by atoms with E-state index >= 15 is 0 Å². The Morgan fingerprint density at radius 3 is 2.76 bits per heavy atom. The van der Waals surface area contributed by atoms with Crippen molar-refractivity contribution in [3.63, 3.8) is 0 Å². The summed E-state index contributed by atoms with van der Waals surface area (Å²) in [6.07, 6.45) is 1.80. The van der Waals surface area contributed by atoms with Crippen molar-refractivity contribution >= 4 is 57.0 Å². The van der Waals surface area contributed by atoms with E-state index in [1.54, 1.807) is 24.3 Å². The number of nitrogens with zero attached hydrogens (tertiary/aromatic N) is 3. The fourth-order valence-electron chi connectivity index (χ4n) is 3.48. The number of aromatic amines is 1. The molecule has 0 radical (unpaired) electrons. The Hall–Kier alpha value is -5.06. The highest BCUT2D eigenvalue weighted by Gasteiger charge is 2.19. The molecule has 0 fully saturated rings. The van der Waals surface area contributed by atoms with E-state index in [0.29, 0.717) is 28.0 Å². The first-order chi connectivity index (χ1) is 16.0. The topological polar surface area (TPSA) is 156 Å². The molecule has 162 valence electrons. The molecule has 0 atom stereocenters. The second kappa shape index (κ2) is 7.89. The van der Waals surface area contributed by atoms with Gasteiger partial charge in [-0.25, -0.2) is 9.78 Å². The summed E-state index contributed by atoms with van der Waals surface area (Å²) >= 11 is 0. The Kier molecular flexibility index (Phi) is 4.75. The third-order valence-electron chi connectivity index (χ3n) is 4.98. The number of benzene rings is 3. The largest absolute Gasteiger partial charge is 0.417 e. The molecule has 0 aliphatic heterocycles. The van der Waals surface area contributed by atoms with Gasteiger partial charge in [0.25, 0.3) is 0 Å². The maximum absolute atomic E-state index is 11.8. The number of anilines is 4. The van der Waals surface area contributed by atoms with Gasteiger partial charge in [0.2, 0.25) is 11.8 Å². The van der Waals surface area contributed by atoms with E-state index in [9.17, 15) is 19.7 Å². The molecule has 33 heavy (non-hydrogen) atoms. The van der Waals surface area contributed by atoms with Crippen molar-refractivity contribution in [1.82, 2.24) is 15.0 Å². The standard InChI is InChI=1S/C22H14N6O5/c29-11-15-14-4-2-1-3-12(14)5-7-16(15)25-21-23-10-18(28(31)32)20(27-21)24-13-6-8-19-17(9-13)26-22(30)33-19/h1-11H,(H,26,30)(H2,23,24,25,27). The number of carbonyl (C=O) groups is 1. The normalized spacial score (nSPS) is 10.9. The number of H-pyrrole nitrogens is 1. The third-order valence-corrected chi connectivity index (χ3v) is 4.98. The SMILES string of the molecule is O=Cc1c(Nc2ncc([N+](=O)[O-])c(Nc3ccc4oc(=O)[nH]c4c3)n2)ccc2ccccc12. The summed E-state index contributed by atoms with van der Waals surface area (Å²) in [5, 5.41) is 19.0. The Labute approximate surface area is 184 Å². The fourth-order valence-corrected chi connectivity index (χ4v) is 3.48. The van der Waals surface area contributed by atoms with Crippen LogP contribution in [0.25, 0.3) is 21.9 Å². The number of aromatic nitrogens is 3. The van der Waals surface area contributed by atoms with Gasteiger partial charge >= 0.3 is 11.4 Å². The van der Waals surface area contributed by atoms with E-state index in [1.165, 1.54) is 0 Å². The Morgan fingerprint density at radius 1 is 1.09 bits per heavy atom. The lowest BCUT2D eigenvalue weighted by Gasteiger charge is -2.12. The molecule has 11 nitrogen and oxygen atoms in total. The molecular weight excluding hydrogens is 428 g/mol. The number of oxazole rings is 1. The summed E-state index contributed by atoms with van der Waals surface area (Å²) in [6, 6.07) is 15.7. The Balaban J connectivity index is 1.52. The van der Waals surface area contributed by atoms with Crippen molar-refractivity contribution in [2.45, 2.75) is 0 Å². The van der Waals surface area contributed by atoms with E-state index in [2.05, 4.69) is 25.6 Å². The van der Waals surface area contributed by atoms with E-state index in [0.717, 1.165) is 23.3 Å². The van der Waals surface area contributed by atoms with Crippen LogP contribution in [0.4, 0.5) is 28.8 Å². The smallest absolute Gasteiger partial charge is 0.408 e. The van der Waals surface area contributed by atoms with E-state index in [1.807, 2.05) is 30.3 Å². The van der Waals surface area contributed by atoms with Crippen molar-refractivity contribution in [1.29, 1.82) is 0 Å². The summed E-state index contributed by atoms with van der Waals surface area (Å²) in [7, 11) is 0. The predicted molar refractivity (Wildman–Crippen MR) is 121 cm³/mol. The molecule has 3 aromatic carbocycles. The molecule has 0 saturated carbocycles. The average molecular weight is 442 g/mol. The number of aldehydes is 1. The van der Waals surface area contributed by atoms with Gasteiger partial charge < -0.3 is 15.1 Å². The molecule has 0 saturated heterocycles. The molecule has 0 amide bonds. The lowest BCUT2D eigenvalue weighted by molar-refractivity contribution is -0.384. The number of fused-ring (bicyclic) bond motifs is 2. The molecule has 0 unspecified atom stereocenters. The minimum Gasteiger partial charge on any atom is -0.408 e. The highest BCUT2D eigenvalue weighted by Crippen LogP contribution is 2.30. The quantitative estimate of drug-likeness (QED) is 0.198. The van der Waals surface area contributed by atoms with Gasteiger partial charge in [0.05, 0.1) is 16.1 Å². The van der Waals surface area contributed by atoms with Gasteiger partial charge in [0.15, 0.2) is 11.9 Å². The van der Waals surface area contributed by atoms with Crippen molar-refractivity contribution < 1.29 is 14.1 Å². The number of nitrogens with one attached hydrogen (secondary N) is 3. The summed E-state index contributed by atoms with van der Waals surface area (Å²) in [5.41, 5.74) is 1.73. The van der Waals surface area contributed by atoms with Crippen LogP contribution in [0.1, 0.15) is 10.4 Å². The first-order valence-corrected chi connectivity index (χ1v) is 9.67. The molecule has 0 aliphatic rings. The molecule has 5 aromatic rings. The van der Waals surface area contributed by atoms with Crippen molar-refractivity contribution in [3.8, 4) is 0 Å². The molecular formula is C22H14N6O5. The highest BCUT2D eigenvalue weighted by atomic mass is 16.6. The van der Waals surface area contributed by atoms with Gasteiger partial charge in [-0.3, -0.25) is 19.9 Å². The van der Waals surface area contributed by atoms with E-state index in [4.69, 9.17) is 4.42 Å². The lowest BCUT2D eigenvalue weighted by atomic mass is 10.0. The second-order valence-corrected chi connectivity index (χ2v) is 7.03. The third kappa shape index (κ3) is 3.74. The van der Waals surface area contributed by atoms with Crippen molar-refractivity contribution in [2.75, 3.05) is 10.6 Å². The molecule has 0 spiro atoms. The van der Waals surface area contributed by atoms with Crippen molar-refractivity contribution in [2.24, 2.45) is 0 Å². The molecule has 5 rings (SSSR count). The monoisotopic (exact) mass is 442 g/mol. The maximum atomic E-state index is 11.8. The summed E-state index contributed by atoms with van der Waals surface area (Å²) in [4.78, 5) is 44.8. The highest BCUT2D eigenvalue weighted by molar-refractivity contribution is 6.04. The van der Waals surface area contributed by atoms with Crippen LogP contribution in [0.3, 0.4) is 0 Å². The summed E-state index contributed by atoms with van der Waals surface area (Å²) < 4.78 is 4.96. The van der Waals surface area contributed by atoms with Gasteiger partial charge in [-0.2, -0.15) is 4.98 Å². The van der Waals surface area contributed by atoms with Crippen LogP contribution >= 0.6 is 0 Å². The van der Waals surface area contributed by atoms with Crippen LogP contribution in [0.5, 0.6) is 0 Å². The number of carbonyl (C=O) groups excluding carboxylic acids is 1. The van der Waals surface area contributed by atoms with Gasteiger partial charge in [0.1, 0.15) is 6.20 Å². The Morgan fingerprint density at radius 2 is 1.94 bits per heavy atom. The van der Waals surface area contributed by atoms with Crippen LogP contribution in [-0.2, 0) is 0 Å². The molecule has 3 N–H and O–H groups in total. The summed E-state index contributed by atoms with van der Waals surface area (Å²) in [6.45, 7) is 0. The van der Waals surface area contributed by atoms with Gasteiger partial charge in [-0.05, 0) is 35.0 Å². The van der Waals surface area contributed by atoms with Crippen molar-refractivity contribution in [3.05, 3.63) is 87.0 Å². The molecule has 11 heteroatoms. The zero-order valence-electron chi connectivity index (χ0n) is 16.7. The molecule has 2 aromatic heterocycles. The minimum atomic E-state index is -0.614. The Bertz CT molecular complexity index is 1610. The van der Waals surface area contributed by atoms with Gasteiger partial charge in [-0.1, -0.05) is 30.3 Å². The van der Waals surface area contributed by atoms with Crippen LogP contribution in [0, 0.1) is 10.1 Å². The van der Waals surface area contributed by atoms with Crippen LogP contribution in [0.15, 0.2) is 70.0 Å². The van der Waals surface area contributed by atoms with E-state index in [-0.39, 0.29) is 17.5 Å². The second-order valence-electron chi connectivity index (χ2n) is 7.03. The fraction of sp³-hybridized carbons (Fsp3) is 0. The molecule has 0 bridgehead atoms. The van der Waals surface area contributed by atoms with Crippen LogP contribution < -0.4 is 16.4 Å². The first-order valence-electron chi connectivity index (χ1n) is 9.67. The number of nitro groups is 1. The van der Waals surface area contributed by atoms with Crippen LogP contribution in [0.2, 0.25) is 0 Å². The number of hydrogen-bond donors (Lipinski definition) is 3. The predicted octanol–water partition coefficient (Wildman–Crippen LogP) is 4.27. The number of hydrogen-bond acceptors (Lipinski definition) is 9.